The van der Waals surface area contributed by atoms with Crippen molar-refractivity contribution in [3.63, 3.8) is 0 Å². The van der Waals surface area contributed by atoms with Crippen LogP contribution in [0.5, 0.6) is 5.88 Å². The quantitative estimate of drug-likeness (QED) is 0.749. The van der Waals surface area contributed by atoms with Crippen molar-refractivity contribution in [1.29, 1.82) is 5.41 Å². The van der Waals surface area contributed by atoms with E-state index in [2.05, 4.69) is 31.8 Å². The number of rotatable bonds is 6. The van der Waals surface area contributed by atoms with Gasteiger partial charge in [-0.25, -0.2) is 9.97 Å². The summed E-state index contributed by atoms with van der Waals surface area (Å²) in [7, 11) is 2.15. The highest BCUT2D eigenvalue weighted by Crippen LogP contribution is 2.21. The first-order chi connectivity index (χ1) is 12.5. The van der Waals surface area contributed by atoms with E-state index < -0.39 is 0 Å². The van der Waals surface area contributed by atoms with Crippen molar-refractivity contribution < 1.29 is 4.74 Å². The first-order valence-corrected chi connectivity index (χ1v) is 8.70. The van der Waals surface area contributed by atoms with Crippen LogP contribution in [0.4, 0.5) is 5.82 Å². The molecule has 0 bridgehead atoms. The first kappa shape index (κ1) is 18.2. The van der Waals surface area contributed by atoms with Crippen LogP contribution in [0.2, 0.25) is 0 Å². The summed E-state index contributed by atoms with van der Waals surface area (Å²) in [4.78, 5) is 17.6. The third kappa shape index (κ3) is 4.53. The molecular formula is C18H25N7O. The van der Waals surface area contributed by atoms with E-state index in [0.717, 1.165) is 38.3 Å². The number of nitrogens with two attached hydrogens (primary N) is 1. The van der Waals surface area contributed by atoms with Gasteiger partial charge in [-0.15, -0.1) is 0 Å². The second-order valence-electron chi connectivity index (χ2n) is 6.52. The van der Waals surface area contributed by atoms with Crippen LogP contribution in [0.25, 0.3) is 11.3 Å². The van der Waals surface area contributed by atoms with Gasteiger partial charge in [-0.2, -0.15) is 0 Å². The van der Waals surface area contributed by atoms with E-state index in [1.807, 2.05) is 6.07 Å². The van der Waals surface area contributed by atoms with Crippen molar-refractivity contribution in [3.05, 3.63) is 30.2 Å². The fraction of sp³-hybridized carbons (Fsp3) is 0.444. The molecule has 0 aromatic carbocycles. The Labute approximate surface area is 153 Å². The SMILES string of the molecule is CC(=N)c1cc(-c2cncc(OCCN3CCN(C)CC3)n2)cnc1N. The fourth-order valence-electron chi connectivity index (χ4n) is 2.82. The van der Waals surface area contributed by atoms with E-state index in [4.69, 9.17) is 15.9 Å². The van der Waals surface area contributed by atoms with E-state index in [-0.39, 0.29) is 0 Å². The van der Waals surface area contributed by atoms with E-state index in [9.17, 15) is 0 Å². The number of nitrogen functional groups attached to an aromatic ring is 1. The summed E-state index contributed by atoms with van der Waals surface area (Å²) in [6.07, 6.45) is 4.91. The minimum atomic E-state index is 0.341. The lowest BCUT2D eigenvalue weighted by atomic mass is 10.1. The molecule has 8 nitrogen and oxygen atoms in total. The lowest BCUT2D eigenvalue weighted by Crippen LogP contribution is -2.45. The predicted octanol–water partition coefficient (Wildman–Crippen LogP) is 1.13. The zero-order valence-corrected chi connectivity index (χ0v) is 15.3. The lowest BCUT2D eigenvalue weighted by molar-refractivity contribution is 0.132. The Bertz CT molecular complexity index is 772. The maximum Gasteiger partial charge on any atom is 0.232 e. The second-order valence-corrected chi connectivity index (χ2v) is 6.52. The van der Waals surface area contributed by atoms with Crippen molar-refractivity contribution in [2.45, 2.75) is 6.92 Å². The first-order valence-electron chi connectivity index (χ1n) is 8.70. The Kier molecular flexibility index (Phi) is 5.75. The van der Waals surface area contributed by atoms with Crippen molar-refractivity contribution >= 4 is 11.5 Å². The van der Waals surface area contributed by atoms with Gasteiger partial charge in [-0.1, -0.05) is 0 Å². The van der Waals surface area contributed by atoms with Gasteiger partial charge >= 0.3 is 0 Å². The average Bonchev–Trinajstić information content (AvgIpc) is 2.64. The van der Waals surface area contributed by atoms with Crippen LogP contribution in [-0.2, 0) is 0 Å². The molecule has 3 rings (SSSR count). The summed E-state index contributed by atoms with van der Waals surface area (Å²) in [5, 5.41) is 7.79. The molecule has 0 unspecified atom stereocenters. The van der Waals surface area contributed by atoms with Gasteiger partial charge in [-0.3, -0.25) is 9.88 Å². The number of piperazine rings is 1. The Morgan fingerprint density at radius 1 is 1.23 bits per heavy atom. The lowest BCUT2D eigenvalue weighted by Gasteiger charge is -2.32. The van der Waals surface area contributed by atoms with Crippen LogP contribution < -0.4 is 10.5 Å². The van der Waals surface area contributed by atoms with Crippen LogP contribution >= 0.6 is 0 Å². The zero-order chi connectivity index (χ0) is 18.5. The molecule has 0 saturated carbocycles. The maximum absolute atomic E-state index is 7.79. The Morgan fingerprint density at radius 3 is 2.73 bits per heavy atom. The number of anilines is 1. The van der Waals surface area contributed by atoms with Gasteiger partial charge in [0.05, 0.1) is 18.1 Å². The molecule has 1 saturated heterocycles. The largest absolute Gasteiger partial charge is 0.475 e. The van der Waals surface area contributed by atoms with Gasteiger partial charge < -0.3 is 20.8 Å². The third-order valence-corrected chi connectivity index (χ3v) is 4.48. The molecule has 3 N–H and O–H groups in total. The minimum absolute atomic E-state index is 0.341. The van der Waals surface area contributed by atoms with Crippen molar-refractivity contribution in [3.8, 4) is 17.1 Å². The van der Waals surface area contributed by atoms with Gasteiger partial charge in [0.15, 0.2) is 0 Å². The molecule has 0 amide bonds. The van der Waals surface area contributed by atoms with Crippen LogP contribution in [0, 0.1) is 5.41 Å². The molecule has 26 heavy (non-hydrogen) atoms. The fourth-order valence-corrected chi connectivity index (χ4v) is 2.82. The number of hydrogen-bond acceptors (Lipinski definition) is 8. The predicted molar refractivity (Wildman–Crippen MR) is 102 cm³/mol. The number of nitrogens with one attached hydrogen (secondary N) is 1. The highest BCUT2D eigenvalue weighted by molar-refractivity contribution is 6.01. The number of hydrogen-bond donors (Lipinski definition) is 2. The van der Waals surface area contributed by atoms with E-state index in [0.29, 0.717) is 35.3 Å². The molecule has 1 aliphatic rings. The Morgan fingerprint density at radius 2 is 2.00 bits per heavy atom. The normalized spacial score (nSPS) is 15.8. The summed E-state index contributed by atoms with van der Waals surface area (Å²) < 4.78 is 5.78. The Hall–Kier alpha value is -2.58. The van der Waals surface area contributed by atoms with Gasteiger partial charge in [-0.05, 0) is 20.0 Å². The van der Waals surface area contributed by atoms with Crippen LogP contribution in [0.15, 0.2) is 24.7 Å². The smallest absolute Gasteiger partial charge is 0.232 e. The molecule has 0 aliphatic carbocycles. The standard InChI is InChI=1S/C18H25N7O/c1-13(19)15-9-14(10-22-18(15)20)16-11-21-12-17(23-16)26-8-7-25-5-3-24(2)4-6-25/h9-12,19H,3-8H2,1-2H3,(H2,20,22). The van der Waals surface area contributed by atoms with Crippen molar-refractivity contribution in [2.24, 2.45) is 0 Å². The van der Waals surface area contributed by atoms with Gasteiger partial charge in [0, 0.05) is 55.8 Å². The molecule has 138 valence electrons. The molecule has 2 aromatic rings. The average molecular weight is 355 g/mol. The molecule has 2 aromatic heterocycles. The van der Waals surface area contributed by atoms with E-state index in [1.54, 1.807) is 25.5 Å². The summed E-state index contributed by atoms with van der Waals surface area (Å²) in [5.41, 5.74) is 8.20. The van der Waals surface area contributed by atoms with Crippen LogP contribution in [0.3, 0.4) is 0 Å². The maximum atomic E-state index is 7.79. The van der Waals surface area contributed by atoms with Crippen molar-refractivity contribution in [2.75, 3.05) is 52.1 Å². The number of pyridine rings is 1. The molecule has 1 aliphatic heterocycles. The number of ether oxygens (including phenoxy) is 1. The zero-order valence-electron chi connectivity index (χ0n) is 15.3. The van der Waals surface area contributed by atoms with Gasteiger partial charge in [0.2, 0.25) is 5.88 Å². The van der Waals surface area contributed by atoms with E-state index in [1.165, 1.54) is 0 Å². The monoisotopic (exact) mass is 355 g/mol. The van der Waals surface area contributed by atoms with Crippen molar-refractivity contribution in [1.82, 2.24) is 24.8 Å². The second kappa shape index (κ2) is 8.20. The van der Waals surface area contributed by atoms with Crippen LogP contribution in [-0.4, -0.2) is 76.8 Å². The molecular weight excluding hydrogens is 330 g/mol. The molecule has 8 heteroatoms. The third-order valence-electron chi connectivity index (χ3n) is 4.48. The topological polar surface area (TPSA) is 104 Å². The van der Waals surface area contributed by atoms with Gasteiger partial charge in [0.25, 0.3) is 0 Å². The number of nitrogens with zero attached hydrogens (tertiary/aromatic N) is 5. The Balaban J connectivity index is 1.63. The summed E-state index contributed by atoms with van der Waals surface area (Å²) >= 11 is 0. The summed E-state index contributed by atoms with van der Waals surface area (Å²) in [6, 6.07) is 1.81. The summed E-state index contributed by atoms with van der Waals surface area (Å²) in [6.45, 7) is 7.44. The molecule has 0 radical (unpaired) electrons. The molecule has 0 atom stereocenters. The highest BCUT2D eigenvalue weighted by Gasteiger charge is 2.13. The minimum Gasteiger partial charge on any atom is -0.475 e. The van der Waals surface area contributed by atoms with E-state index >= 15 is 0 Å². The van der Waals surface area contributed by atoms with Crippen LogP contribution in [0.1, 0.15) is 12.5 Å². The van der Waals surface area contributed by atoms with Gasteiger partial charge in [0.1, 0.15) is 12.4 Å². The molecule has 0 spiro atoms. The number of aromatic nitrogens is 3. The number of likely N-dealkylation sites (N-methyl/N-ethyl adjacent to an activating group) is 1. The molecule has 1 fully saturated rings. The molecule has 3 heterocycles. The highest BCUT2D eigenvalue weighted by atomic mass is 16.5. The summed E-state index contributed by atoms with van der Waals surface area (Å²) in [5.74, 6) is 0.829.